The molecule has 0 saturated carbocycles. The summed E-state index contributed by atoms with van der Waals surface area (Å²) in [7, 11) is 1.62. The van der Waals surface area contributed by atoms with Crippen LogP contribution < -0.4 is 14.8 Å². The van der Waals surface area contributed by atoms with Crippen LogP contribution in [0.4, 0.5) is 5.82 Å². The van der Waals surface area contributed by atoms with Crippen molar-refractivity contribution in [1.29, 1.82) is 0 Å². The molecule has 0 spiro atoms. The van der Waals surface area contributed by atoms with E-state index in [0.717, 1.165) is 5.75 Å². The zero-order valence-corrected chi connectivity index (χ0v) is 18.4. The minimum Gasteiger partial charge on any atom is -0.497 e. The molecule has 1 N–H and O–H groups in total. The van der Waals surface area contributed by atoms with Gasteiger partial charge in [-0.2, -0.15) is 0 Å². The average molecular weight is 448 g/mol. The first-order valence-electron chi connectivity index (χ1n) is 9.28. The highest BCUT2D eigenvalue weighted by molar-refractivity contribution is 7.99. The molecule has 1 atom stereocenters. The van der Waals surface area contributed by atoms with Crippen LogP contribution in [0.2, 0.25) is 5.02 Å². The topological polar surface area (TPSA) is 91.2 Å². The van der Waals surface area contributed by atoms with Crippen LogP contribution >= 0.6 is 23.4 Å². The van der Waals surface area contributed by atoms with Crippen LogP contribution in [0.25, 0.3) is 0 Å². The summed E-state index contributed by atoms with van der Waals surface area (Å²) in [6.45, 7) is 4.56. The zero-order valence-electron chi connectivity index (χ0n) is 16.8. The van der Waals surface area contributed by atoms with Gasteiger partial charge in [0.1, 0.15) is 17.3 Å². The van der Waals surface area contributed by atoms with Crippen molar-refractivity contribution < 1.29 is 14.3 Å². The van der Waals surface area contributed by atoms with Gasteiger partial charge >= 0.3 is 0 Å². The lowest BCUT2D eigenvalue weighted by Gasteiger charge is -2.15. The second-order valence-corrected chi connectivity index (χ2v) is 7.60. The Morgan fingerprint density at radius 2 is 1.93 bits per heavy atom. The summed E-state index contributed by atoms with van der Waals surface area (Å²) in [5.41, 5.74) is 0. The predicted octanol–water partition coefficient (Wildman–Crippen LogP) is 4.23. The number of rotatable bonds is 9. The van der Waals surface area contributed by atoms with Gasteiger partial charge in [0.2, 0.25) is 5.91 Å². The quantitative estimate of drug-likeness (QED) is 0.491. The summed E-state index contributed by atoms with van der Waals surface area (Å²) in [5, 5.41) is 12.4. The van der Waals surface area contributed by atoms with Crippen molar-refractivity contribution in [3.05, 3.63) is 53.4 Å². The fourth-order valence-corrected chi connectivity index (χ4v) is 3.60. The Hall–Kier alpha value is -2.78. The van der Waals surface area contributed by atoms with Crippen LogP contribution in [0, 0.1) is 0 Å². The number of halogens is 1. The minimum atomic E-state index is -0.313. The van der Waals surface area contributed by atoms with Crippen LogP contribution in [-0.2, 0) is 11.3 Å². The lowest BCUT2D eigenvalue weighted by atomic mass is 10.3. The molecule has 0 fully saturated rings. The third-order valence-electron chi connectivity index (χ3n) is 4.12. The first kappa shape index (κ1) is 21.9. The average Bonchev–Trinajstić information content (AvgIpc) is 3.17. The number of anilines is 1. The summed E-state index contributed by atoms with van der Waals surface area (Å²) in [5.74, 6) is 2.59. The Labute approximate surface area is 184 Å². The van der Waals surface area contributed by atoms with Gasteiger partial charge in [0, 0.05) is 12.7 Å². The summed E-state index contributed by atoms with van der Waals surface area (Å²) in [4.78, 5) is 16.3. The monoisotopic (exact) mass is 447 g/mol. The number of benzene rings is 1. The maximum absolute atomic E-state index is 12.2. The predicted molar refractivity (Wildman–Crippen MR) is 116 cm³/mol. The van der Waals surface area contributed by atoms with Crippen molar-refractivity contribution in [3.63, 3.8) is 0 Å². The van der Waals surface area contributed by atoms with Gasteiger partial charge in [-0.3, -0.25) is 4.79 Å². The summed E-state index contributed by atoms with van der Waals surface area (Å²) in [6.07, 6.45) is 1.17. The molecule has 0 aliphatic carbocycles. The molecule has 0 saturated heterocycles. The van der Waals surface area contributed by atoms with Gasteiger partial charge in [-0.05, 0) is 50.2 Å². The number of pyridine rings is 1. The Balaban J connectivity index is 1.61. The van der Waals surface area contributed by atoms with Gasteiger partial charge in [0.25, 0.3) is 0 Å². The van der Waals surface area contributed by atoms with Gasteiger partial charge in [-0.25, -0.2) is 4.98 Å². The Kier molecular flexibility index (Phi) is 7.53. The lowest BCUT2D eigenvalue weighted by Crippen LogP contribution is -2.16. The molecule has 158 valence electrons. The normalized spacial score (nSPS) is 11.7. The van der Waals surface area contributed by atoms with E-state index < -0.39 is 0 Å². The van der Waals surface area contributed by atoms with Gasteiger partial charge in [-0.1, -0.05) is 23.4 Å². The summed E-state index contributed by atoms with van der Waals surface area (Å²) in [6, 6.07) is 10.7. The summed E-state index contributed by atoms with van der Waals surface area (Å²) >= 11 is 7.11. The van der Waals surface area contributed by atoms with Crippen LogP contribution in [0.5, 0.6) is 11.5 Å². The lowest BCUT2D eigenvalue weighted by molar-refractivity contribution is -0.113. The number of carbonyl (C=O) groups is 1. The molecule has 10 heteroatoms. The SMILES string of the molecule is CCn1c(SCC(=O)Nc2ccc(Cl)cn2)nnc1C(C)Oc1ccc(OC)cc1. The molecule has 1 amide bonds. The molecule has 3 aromatic rings. The number of amides is 1. The second kappa shape index (κ2) is 10.3. The number of carbonyl (C=O) groups excluding carboxylic acids is 1. The molecule has 2 aromatic heterocycles. The number of methoxy groups -OCH3 is 1. The molecular weight excluding hydrogens is 426 g/mol. The fraction of sp³-hybridized carbons (Fsp3) is 0.300. The molecule has 30 heavy (non-hydrogen) atoms. The highest BCUT2D eigenvalue weighted by Gasteiger charge is 2.19. The molecular formula is C20H22ClN5O3S. The third-order valence-corrected chi connectivity index (χ3v) is 5.32. The zero-order chi connectivity index (χ0) is 21.5. The molecule has 0 radical (unpaired) electrons. The van der Waals surface area contributed by atoms with Crippen LogP contribution in [0.3, 0.4) is 0 Å². The van der Waals surface area contributed by atoms with Crippen LogP contribution in [-0.4, -0.2) is 38.5 Å². The largest absolute Gasteiger partial charge is 0.497 e. The van der Waals surface area contributed by atoms with E-state index in [-0.39, 0.29) is 17.8 Å². The number of ether oxygens (including phenoxy) is 2. The van der Waals surface area contributed by atoms with Crippen molar-refractivity contribution in [1.82, 2.24) is 19.7 Å². The van der Waals surface area contributed by atoms with E-state index >= 15 is 0 Å². The van der Waals surface area contributed by atoms with Crippen molar-refractivity contribution >= 4 is 35.1 Å². The Morgan fingerprint density at radius 1 is 1.20 bits per heavy atom. The van der Waals surface area contributed by atoms with Gasteiger partial charge in [0.05, 0.1) is 17.9 Å². The highest BCUT2D eigenvalue weighted by atomic mass is 35.5. The van der Waals surface area contributed by atoms with Crippen molar-refractivity contribution in [2.24, 2.45) is 0 Å². The van der Waals surface area contributed by atoms with Crippen molar-refractivity contribution in [2.45, 2.75) is 31.7 Å². The number of nitrogens with zero attached hydrogens (tertiary/aromatic N) is 4. The Bertz CT molecular complexity index is 979. The summed E-state index contributed by atoms with van der Waals surface area (Å²) < 4.78 is 13.1. The van der Waals surface area contributed by atoms with Crippen LogP contribution in [0.1, 0.15) is 25.8 Å². The number of aromatic nitrogens is 4. The molecule has 0 aliphatic heterocycles. The van der Waals surface area contributed by atoms with Gasteiger partial charge in [0.15, 0.2) is 17.1 Å². The molecule has 8 nitrogen and oxygen atoms in total. The first-order chi connectivity index (χ1) is 14.5. The van der Waals surface area contributed by atoms with Crippen LogP contribution in [0.15, 0.2) is 47.8 Å². The minimum absolute atomic E-state index is 0.177. The van der Waals surface area contributed by atoms with E-state index in [9.17, 15) is 4.79 Å². The molecule has 0 bridgehead atoms. The number of nitrogens with one attached hydrogen (secondary N) is 1. The third kappa shape index (κ3) is 5.64. The van der Waals surface area contributed by atoms with Crippen molar-refractivity contribution in [3.8, 4) is 11.5 Å². The van der Waals surface area contributed by atoms with Gasteiger partial charge in [-0.15, -0.1) is 10.2 Å². The number of hydrogen-bond donors (Lipinski definition) is 1. The number of hydrogen-bond acceptors (Lipinski definition) is 7. The smallest absolute Gasteiger partial charge is 0.236 e. The molecule has 3 rings (SSSR count). The van der Waals surface area contributed by atoms with E-state index in [2.05, 4.69) is 20.5 Å². The highest BCUT2D eigenvalue weighted by Crippen LogP contribution is 2.26. The molecule has 1 aromatic carbocycles. The maximum atomic E-state index is 12.2. The van der Waals surface area contributed by atoms with E-state index in [1.54, 1.807) is 19.2 Å². The number of thioether (sulfide) groups is 1. The standard InChI is InChI=1S/C20H22ClN5O3S/c1-4-26-19(13(2)29-16-8-6-15(28-3)7-9-16)24-25-20(26)30-12-18(27)23-17-10-5-14(21)11-22-17/h5-11,13H,4,12H2,1-3H3,(H,22,23,27). The first-order valence-corrected chi connectivity index (χ1v) is 10.6. The van der Waals surface area contributed by atoms with Crippen molar-refractivity contribution in [2.75, 3.05) is 18.2 Å². The van der Waals surface area contributed by atoms with E-state index in [4.69, 9.17) is 21.1 Å². The van der Waals surface area contributed by atoms with E-state index in [1.165, 1.54) is 18.0 Å². The molecule has 1 unspecified atom stereocenters. The van der Waals surface area contributed by atoms with E-state index in [0.29, 0.717) is 34.1 Å². The van der Waals surface area contributed by atoms with Gasteiger partial charge < -0.3 is 19.4 Å². The van der Waals surface area contributed by atoms with E-state index in [1.807, 2.05) is 42.7 Å². The molecule has 0 aliphatic rings. The second-order valence-electron chi connectivity index (χ2n) is 6.22. The maximum Gasteiger partial charge on any atom is 0.236 e. The Morgan fingerprint density at radius 3 is 2.57 bits per heavy atom. The fourth-order valence-electron chi connectivity index (χ4n) is 2.67. The molecule has 2 heterocycles.